The Morgan fingerprint density at radius 1 is 0.679 bits per heavy atom. The third-order valence-corrected chi connectivity index (χ3v) is 5.30. The van der Waals surface area contributed by atoms with Crippen LogP contribution in [0.1, 0.15) is 11.1 Å². The summed E-state index contributed by atoms with van der Waals surface area (Å²) >= 11 is 0. The third-order valence-electron chi connectivity index (χ3n) is 3.48. The molecule has 0 fully saturated rings. The largest absolute Gasteiger partial charge is 0.329 e. The van der Waals surface area contributed by atoms with E-state index in [-0.39, 0.29) is 22.5 Å². The smallest absolute Gasteiger partial charge is 0.295 e. The normalized spacial score (nSPS) is 11.9. The molecule has 0 unspecified atom stereocenters. The van der Waals surface area contributed by atoms with Gasteiger partial charge in [0.2, 0.25) is 12.8 Å². The molecular weight excluding hydrogens is 412 g/mol. The number of nitrogens with one attached hydrogen (secondary N) is 2. The molecule has 0 spiro atoms. The number of carbonyl (C=O) groups is 2. The number of hydrogen-bond donors (Lipinski definition) is 4. The average molecular weight is 426 g/mol. The lowest BCUT2D eigenvalue weighted by atomic mass is 10.1. The van der Waals surface area contributed by atoms with Crippen molar-refractivity contribution in [1.29, 1.82) is 0 Å². The molecule has 12 heteroatoms. The van der Waals surface area contributed by atoms with Crippen LogP contribution in [0.25, 0.3) is 12.2 Å². The van der Waals surface area contributed by atoms with Crippen LogP contribution in [0.3, 0.4) is 0 Å². The van der Waals surface area contributed by atoms with Gasteiger partial charge in [0.15, 0.2) is 0 Å². The molecule has 0 aliphatic rings. The molecule has 2 aromatic rings. The molecule has 0 saturated heterocycles. The molecule has 2 amide bonds. The number of hydrogen-bond acceptors (Lipinski definition) is 6. The Morgan fingerprint density at radius 2 is 1.04 bits per heavy atom. The van der Waals surface area contributed by atoms with E-state index >= 15 is 0 Å². The Bertz CT molecular complexity index is 1060. The van der Waals surface area contributed by atoms with Gasteiger partial charge in [0.05, 0.1) is 0 Å². The van der Waals surface area contributed by atoms with Gasteiger partial charge in [-0.15, -0.1) is 0 Å². The van der Waals surface area contributed by atoms with Gasteiger partial charge in [-0.2, -0.15) is 16.8 Å². The van der Waals surface area contributed by atoms with Crippen LogP contribution in [-0.2, 0) is 29.8 Å². The van der Waals surface area contributed by atoms with Gasteiger partial charge in [-0.3, -0.25) is 18.7 Å². The second-order valence-electron chi connectivity index (χ2n) is 5.31. The fourth-order valence-corrected chi connectivity index (χ4v) is 3.71. The van der Waals surface area contributed by atoms with Gasteiger partial charge in [0, 0.05) is 11.4 Å². The molecule has 10 nitrogen and oxygen atoms in total. The van der Waals surface area contributed by atoms with E-state index in [2.05, 4.69) is 10.6 Å². The van der Waals surface area contributed by atoms with Crippen LogP contribution in [-0.4, -0.2) is 38.8 Å². The minimum atomic E-state index is -4.65. The summed E-state index contributed by atoms with van der Waals surface area (Å²) in [5.74, 6) is 0. The monoisotopic (exact) mass is 426 g/mol. The second kappa shape index (κ2) is 8.31. The van der Waals surface area contributed by atoms with E-state index in [0.29, 0.717) is 12.8 Å². The maximum Gasteiger partial charge on any atom is 0.295 e. The number of benzene rings is 2. The zero-order chi connectivity index (χ0) is 20.9. The van der Waals surface area contributed by atoms with Gasteiger partial charge in [-0.1, -0.05) is 24.3 Å². The predicted octanol–water partition coefficient (Wildman–Crippen LogP) is 1.49. The zero-order valence-electron chi connectivity index (χ0n) is 13.9. The first-order valence-corrected chi connectivity index (χ1v) is 10.3. The van der Waals surface area contributed by atoms with Crippen LogP contribution < -0.4 is 10.6 Å². The van der Waals surface area contributed by atoms with Crippen molar-refractivity contribution in [3.05, 3.63) is 47.5 Å². The Kier molecular flexibility index (Phi) is 6.30. The summed E-state index contributed by atoms with van der Waals surface area (Å²) in [7, 11) is -9.31. The van der Waals surface area contributed by atoms with Crippen LogP contribution in [0.15, 0.2) is 46.2 Å². The van der Waals surface area contributed by atoms with Crippen molar-refractivity contribution < 1.29 is 35.5 Å². The topological polar surface area (TPSA) is 167 Å². The van der Waals surface area contributed by atoms with Crippen molar-refractivity contribution in [1.82, 2.24) is 0 Å². The summed E-state index contributed by atoms with van der Waals surface area (Å²) in [4.78, 5) is 19.9. The molecule has 0 radical (unpaired) electrons. The summed E-state index contributed by atoms with van der Waals surface area (Å²) in [6.45, 7) is 0. The third kappa shape index (κ3) is 5.23. The highest BCUT2D eigenvalue weighted by molar-refractivity contribution is 7.86. The molecule has 2 aromatic carbocycles. The lowest BCUT2D eigenvalue weighted by Gasteiger charge is -2.08. The molecule has 0 aromatic heterocycles. The van der Waals surface area contributed by atoms with Gasteiger partial charge in [0.1, 0.15) is 9.79 Å². The molecule has 0 aliphatic heterocycles. The Morgan fingerprint density at radius 3 is 1.32 bits per heavy atom. The Balaban J connectivity index is 2.57. The molecule has 0 aliphatic carbocycles. The molecule has 0 bridgehead atoms. The molecular formula is C16H14N2O8S2. The Labute approximate surface area is 160 Å². The molecule has 28 heavy (non-hydrogen) atoms. The molecule has 4 N–H and O–H groups in total. The first-order valence-electron chi connectivity index (χ1n) is 7.38. The van der Waals surface area contributed by atoms with Crippen molar-refractivity contribution in [3.8, 4) is 0 Å². The highest BCUT2D eigenvalue weighted by Crippen LogP contribution is 2.25. The van der Waals surface area contributed by atoms with Gasteiger partial charge >= 0.3 is 0 Å². The van der Waals surface area contributed by atoms with E-state index in [1.807, 2.05) is 0 Å². The maximum atomic E-state index is 11.6. The first kappa shape index (κ1) is 21.2. The van der Waals surface area contributed by atoms with Gasteiger partial charge in [-0.05, 0) is 35.4 Å². The predicted molar refractivity (Wildman–Crippen MR) is 101 cm³/mol. The van der Waals surface area contributed by atoms with E-state index in [4.69, 9.17) is 0 Å². The van der Waals surface area contributed by atoms with Crippen LogP contribution in [0.2, 0.25) is 0 Å². The van der Waals surface area contributed by atoms with Crippen molar-refractivity contribution in [2.24, 2.45) is 0 Å². The van der Waals surface area contributed by atoms with E-state index < -0.39 is 30.0 Å². The van der Waals surface area contributed by atoms with Gasteiger partial charge in [0.25, 0.3) is 20.2 Å². The van der Waals surface area contributed by atoms with Crippen LogP contribution in [0.4, 0.5) is 11.4 Å². The van der Waals surface area contributed by atoms with Crippen LogP contribution in [0.5, 0.6) is 0 Å². The van der Waals surface area contributed by atoms with Crippen molar-refractivity contribution >= 4 is 56.6 Å². The number of anilines is 2. The summed E-state index contributed by atoms with van der Waals surface area (Å²) in [6.07, 6.45) is 3.05. The van der Waals surface area contributed by atoms with E-state index in [1.165, 1.54) is 36.4 Å². The summed E-state index contributed by atoms with van der Waals surface area (Å²) in [5, 5.41) is 4.48. The molecule has 0 heterocycles. The SMILES string of the molecule is O=CNc1ccc(C=Cc2ccc(NC=O)cc2S(=O)(=O)O)c(S(=O)(=O)O)c1. The van der Waals surface area contributed by atoms with Crippen molar-refractivity contribution in [3.63, 3.8) is 0 Å². The fraction of sp³-hybridized carbons (Fsp3) is 0. The van der Waals surface area contributed by atoms with Crippen LogP contribution >= 0.6 is 0 Å². The minimum Gasteiger partial charge on any atom is -0.329 e. The quantitative estimate of drug-likeness (QED) is 0.280. The van der Waals surface area contributed by atoms with Gasteiger partial charge < -0.3 is 10.6 Å². The second-order valence-corrected chi connectivity index (χ2v) is 8.09. The lowest BCUT2D eigenvalue weighted by Crippen LogP contribution is -2.04. The molecule has 2 rings (SSSR count). The Hall–Kier alpha value is -3.06. The average Bonchev–Trinajstić information content (AvgIpc) is 2.60. The highest BCUT2D eigenvalue weighted by atomic mass is 32.2. The number of rotatable bonds is 8. The molecule has 148 valence electrons. The summed E-state index contributed by atoms with van der Waals surface area (Å²) < 4.78 is 65.1. The molecule has 0 saturated carbocycles. The van der Waals surface area contributed by atoms with E-state index in [0.717, 1.165) is 12.1 Å². The number of amides is 2. The summed E-state index contributed by atoms with van der Waals surface area (Å²) in [5.41, 5.74) is 0.219. The molecule has 0 atom stereocenters. The highest BCUT2D eigenvalue weighted by Gasteiger charge is 2.17. The number of carbonyl (C=O) groups excluding carboxylic acids is 2. The summed E-state index contributed by atoms with van der Waals surface area (Å²) in [6, 6.07) is 7.32. The standard InChI is InChI=1S/C16H14N2O8S2/c19-9-17-13-5-3-11(15(7-13)27(21,22)23)1-2-12-4-6-14(18-10-20)8-16(12)28(24,25)26/h1-10H,(H,17,19)(H,18,20)(H,21,22,23)(H,24,25,26). The first-order chi connectivity index (χ1) is 13.1. The zero-order valence-corrected chi connectivity index (χ0v) is 15.6. The van der Waals surface area contributed by atoms with E-state index in [9.17, 15) is 35.5 Å². The van der Waals surface area contributed by atoms with Crippen LogP contribution in [0, 0.1) is 0 Å². The fourth-order valence-electron chi connectivity index (χ4n) is 2.29. The maximum absolute atomic E-state index is 11.6. The lowest BCUT2D eigenvalue weighted by molar-refractivity contribution is -0.106. The minimum absolute atomic E-state index is 0.00432. The van der Waals surface area contributed by atoms with Gasteiger partial charge in [-0.25, -0.2) is 0 Å². The van der Waals surface area contributed by atoms with Crippen molar-refractivity contribution in [2.45, 2.75) is 9.79 Å². The van der Waals surface area contributed by atoms with Crippen molar-refractivity contribution in [2.75, 3.05) is 10.6 Å². The van der Waals surface area contributed by atoms with E-state index in [1.54, 1.807) is 0 Å².